The molecule has 0 aliphatic carbocycles. The predicted octanol–water partition coefficient (Wildman–Crippen LogP) is 4.96. The van der Waals surface area contributed by atoms with Gasteiger partial charge in [0.25, 0.3) is 20.3 Å². The van der Waals surface area contributed by atoms with Crippen LogP contribution < -0.4 is 0 Å². The number of phenolic OH excluding ortho intramolecular Hbond substituents is 1. The molecule has 1 atom stereocenters. The third-order valence-corrected chi connectivity index (χ3v) is 5.50. The van der Waals surface area contributed by atoms with Crippen LogP contribution in [-0.4, -0.2) is 104 Å². The predicted molar refractivity (Wildman–Crippen MR) is 218 cm³/mol. The molecule has 1 unspecified atom stereocenters. The summed E-state index contributed by atoms with van der Waals surface area (Å²) in [6.07, 6.45) is 0.935. The van der Waals surface area contributed by atoms with Gasteiger partial charge in [0.15, 0.2) is 49.6 Å². The molecule has 23 nitrogen and oxygen atoms in total. The molecular formula is C35H66N4O19S. The number of Topliss-reactive ketones (excluding diaryl/α,β-unsaturated/α-hetero) is 4. The molecule has 0 heterocycles. The minimum Gasteiger partial charge on any atom is -0.508 e. The molecule has 0 fully saturated rings. The van der Waals surface area contributed by atoms with E-state index in [1.54, 1.807) is 19.1 Å². The van der Waals surface area contributed by atoms with Gasteiger partial charge in [-0.05, 0) is 88.2 Å². The van der Waals surface area contributed by atoms with Gasteiger partial charge in [0, 0.05) is 6.61 Å². The lowest BCUT2D eigenvalue weighted by atomic mass is 10.0. The normalized spacial score (nSPS) is 9.56. The first-order valence-electron chi connectivity index (χ1n) is 17.6. The Hall–Kier alpha value is -5.23. The molecule has 0 aliphatic rings. The van der Waals surface area contributed by atoms with Crippen LogP contribution in [0, 0.1) is 64.1 Å². The SMILES string of the molecule is CC(=O)CO[N+](=O)[O-].CC(=O)CO[N+](=O)[O-].CC(=O)CO[N+](=O)[O-].CC(=O)CO[N+](=O)[O-].CC(C)C(C)O.CC(C)CO.CC(C)CS.CC(C)Cc1ccc(O)cc1. The Morgan fingerprint density at radius 1 is 0.576 bits per heavy atom. The van der Waals surface area contributed by atoms with E-state index >= 15 is 0 Å². The van der Waals surface area contributed by atoms with Crippen LogP contribution in [0.2, 0.25) is 0 Å². The van der Waals surface area contributed by atoms with E-state index in [0.29, 0.717) is 30.1 Å². The molecule has 24 heteroatoms. The van der Waals surface area contributed by atoms with Crippen LogP contribution in [0.3, 0.4) is 0 Å². The summed E-state index contributed by atoms with van der Waals surface area (Å²) in [5, 5.41) is 59.1. The van der Waals surface area contributed by atoms with Crippen molar-refractivity contribution in [1.29, 1.82) is 0 Å². The van der Waals surface area contributed by atoms with E-state index in [1.807, 2.05) is 39.8 Å². The topological polar surface area (TPSA) is 338 Å². The molecule has 1 rings (SSSR count). The number of hydrogen-bond donors (Lipinski definition) is 4. The second-order valence-electron chi connectivity index (χ2n) is 13.2. The zero-order valence-electron chi connectivity index (χ0n) is 36.3. The highest BCUT2D eigenvalue weighted by Gasteiger charge is 1.99. The Morgan fingerprint density at radius 2 is 0.797 bits per heavy atom. The van der Waals surface area contributed by atoms with Gasteiger partial charge in [-0.25, -0.2) is 0 Å². The van der Waals surface area contributed by atoms with Gasteiger partial charge in [-0.2, -0.15) is 12.6 Å². The van der Waals surface area contributed by atoms with Crippen LogP contribution in [0.4, 0.5) is 0 Å². The lowest BCUT2D eigenvalue weighted by Gasteiger charge is -2.04. The van der Waals surface area contributed by atoms with Crippen molar-refractivity contribution < 1.29 is 74.2 Å². The fourth-order valence-electron chi connectivity index (χ4n) is 1.68. The zero-order valence-corrected chi connectivity index (χ0v) is 37.2. The van der Waals surface area contributed by atoms with Crippen molar-refractivity contribution in [2.45, 2.75) is 103 Å². The van der Waals surface area contributed by atoms with Crippen molar-refractivity contribution in [1.82, 2.24) is 0 Å². The number of carbonyl (C=O) groups excluding carboxylic acids is 4. The van der Waals surface area contributed by atoms with Gasteiger partial charge in [0.2, 0.25) is 0 Å². The maximum Gasteiger partial charge on any atom is 0.294 e. The van der Waals surface area contributed by atoms with Gasteiger partial charge in [-0.1, -0.05) is 67.5 Å². The van der Waals surface area contributed by atoms with Gasteiger partial charge in [-0.3, -0.25) is 19.2 Å². The summed E-state index contributed by atoms with van der Waals surface area (Å²) in [7, 11) is 0. The number of nitrogens with zero attached hydrogens (tertiary/aromatic N) is 4. The number of hydrogen-bond acceptors (Lipinski definition) is 20. The number of aliphatic hydroxyl groups is 2. The van der Waals surface area contributed by atoms with Crippen LogP contribution in [0.5, 0.6) is 5.75 Å². The molecule has 0 amide bonds. The van der Waals surface area contributed by atoms with Crippen LogP contribution in [0.25, 0.3) is 0 Å². The summed E-state index contributed by atoms with van der Waals surface area (Å²) < 4.78 is 0. The number of rotatable bonds is 17. The minimum absolute atomic E-state index is 0.148. The lowest BCUT2D eigenvalue weighted by molar-refractivity contribution is -0.754. The molecule has 346 valence electrons. The Morgan fingerprint density at radius 3 is 0.898 bits per heavy atom. The fourth-order valence-corrected chi connectivity index (χ4v) is 1.68. The van der Waals surface area contributed by atoms with E-state index in [9.17, 15) is 59.6 Å². The Balaban J connectivity index is -0.000000106. The van der Waals surface area contributed by atoms with Crippen LogP contribution in [-0.2, 0) is 44.9 Å². The number of thiol groups is 1. The van der Waals surface area contributed by atoms with Crippen molar-refractivity contribution in [3.8, 4) is 5.75 Å². The molecule has 0 saturated carbocycles. The lowest BCUT2D eigenvalue weighted by Crippen LogP contribution is -2.08. The highest BCUT2D eigenvalue weighted by molar-refractivity contribution is 7.80. The molecule has 0 aliphatic heterocycles. The number of benzene rings is 1. The monoisotopic (exact) mass is 878 g/mol. The Kier molecular flexibility index (Phi) is 54.7. The first-order valence-corrected chi connectivity index (χ1v) is 18.3. The standard InChI is InChI=1S/C10H14O.C5H12O.C4H10O.C4H10S.4C3H5NO4/c1-8(2)7-9-3-5-10(11)6-4-9;1-4(2)5(3)6;2*1-4(2)3-5;4*1-3(5)2-8-4(6)7/h3-6,8,11H,7H2,1-2H3;4-6H,1-3H3;2*4-5H,3H2,1-2H3;4*2H2,1H3. The zero-order chi connectivity index (χ0) is 48.3. The molecule has 1 aromatic rings. The van der Waals surface area contributed by atoms with Crippen molar-refractivity contribution in [3.63, 3.8) is 0 Å². The highest BCUT2D eigenvalue weighted by Crippen LogP contribution is 2.12. The number of carbonyl (C=O) groups is 4. The van der Waals surface area contributed by atoms with E-state index in [1.165, 1.54) is 33.3 Å². The number of ketones is 4. The first kappa shape index (κ1) is 68.5. The molecule has 59 heavy (non-hydrogen) atoms. The number of phenols is 1. The summed E-state index contributed by atoms with van der Waals surface area (Å²) in [6, 6.07) is 7.40. The molecule has 3 N–H and O–H groups in total. The number of aliphatic hydroxyl groups excluding tert-OH is 2. The van der Waals surface area contributed by atoms with Crippen molar-refractivity contribution in [3.05, 3.63) is 70.3 Å². The molecule has 0 spiro atoms. The largest absolute Gasteiger partial charge is 0.508 e. The number of aromatic hydroxyl groups is 1. The maximum atomic E-state index is 9.92. The molecular weight excluding hydrogens is 812 g/mol. The Bertz CT molecular complexity index is 1080. The summed E-state index contributed by atoms with van der Waals surface area (Å²) in [4.78, 5) is 91.7. The van der Waals surface area contributed by atoms with Gasteiger partial charge >= 0.3 is 0 Å². The van der Waals surface area contributed by atoms with Crippen molar-refractivity contribution >= 4 is 35.8 Å². The molecule has 0 bridgehead atoms. The van der Waals surface area contributed by atoms with Crippen molar-refractivity contribution in [2.24, 2.45) is 23.7 Å². The highest BCUT2D eigenvalue weighted by atomic mass is 32.1. The van der Waals surface area contributed by atoms with E-state index in [-0.39, 0.29) is 29.2 Å². The quantitative estimate of drug-likeness (QED) is 0.0912. The molecule has 1 aromatic carbocycles. The van der Waals surface area contributed by atoms with Crippen LogP contribution >= 0.6 is 12.6 Å². The van der Waals surface area contributed by atoms with E-state index < -0.39 is 46.8 Å². The second-order valence-corrected chi connectivity index (χ2v) is 13.6. The molecule has 0 aromatic heterocycles. The smallest absolute Gasteiger partial charge is 0.294 e. The van der Waals surface area contributed by atoms with Gasteiger partial charge in [0.1, 0.15) is 5.75 Å². The van der Waals surface area contributed by atoms with Gasteiger partial charge < -0.3 is 34.7 Å². The van der Waals surface area contributed by atoms with Crippen LogP contribution in [0.1, 0.15) is 95.6 Å². The summed E-state index contributed by atoms with van der Waals surface area (Å²) in [5.74, 6) is 2.18. The maximum absolute atomic E-state index is 9.92. The fraction of sp³-hybridized carbons (Fsp3) is 0.714. The van der Waals surface area contributed by atoms with E-state index in [2.05, 4.69) is 59.7 Å². The minimum atomic E-state index is -0.999. The first-order chi connectivity index (χ1) is 26.9. The molecule has 0 saturated heterocycles. The van der Waals surface area contributed by atoms with E-state index in [4.69, 9.17) is 15.3 Å². The van der Waals surface area contributed by atoms with Gasteiger partial charge in [-0.15, -0.1) is 40.5 Å². The average Bonchev–Trinajstić information content (AvgIpc) is 3.10. The summed E-state index contributed by atoms with van der Waals surface area (Å²) in [5.41, 5.74) is 1.29. The molecule has 0 radical (unpaired) electrons. The third-order valence-electron chi connectivity index (χ3n) is 4.77. The Labute approximate surface area is 350 Å². The van der Waals surface area contributed by atoms with Crippen molar-refractivity contribution in [2.75, 3.05) is 38.8 Å². The van der Waals surface area contributed by atoms with E-state index in [0.717, 1.165) is 18.1 Å². The average molecular weight is 879 g/mol. The van der Waals surface area contributed by atoms with Crippen LogP contribution in [0.15, 0.2) is 24.3 Å². The summed E-state index contributed by atoms with van der Waals surface area (Å²) >= 11 is 4.02. The second kappa shape index (κ2) is 47.1. The third kappa shape index (κ3) is 101. The summed E-state index contributed by atoms with van der Waals surface area (Å²) in [6.45, 7) is 21.7. The van der Waals surface area contributed by atoms with Gasteiger partial charge in [0.05, 0.1) is 6.10 Å².